The molecule has 7 nitrogen and oxygen atoms in total. The van der Waals surface area contributed by atoms with Crippen LogP contribution < -0.4 is 15.5 Å². The number of hydrogen-bond acceptors (Lipinski definition) is 5. The van der Waals surface area contributed by atoms with Gasteiger partial charge in [-0.15, -0.1) is 0 Å². The largest absolute Gasteiger partial charge is 0.507 e. The summed E-state index contributed by atoms with van der Waals surface area (Å²) in [6.45, 7) is 0.597. The van der Waals surface area contributed by atoms with Crippen LogP contribution >= 0.6 is 0 Å². The van der Waals surface area contributed by atoms with Gasteiger partial charge in [-0.25, -0.2) is 22.0 Å². The third-order valence-corrected chi connectivity index (χ3v) is 6.38. The maximum atomic E-state index is 13.3. The number of fused-ring (bicyclic) bond motifs is 1. The lowest BCUT2D eigenvalue weighted by Crippen LogP contribution is -2.26. The van der Waals surface area contributed by atoms with E-state index in [0.29, 0.717) is 35.3 Å². The summed E-state index contributed by atoms with van der Waals surface area (Å²) in [5, 5.41) is 17.7. The highest BCUT2D eigenvalue weighted by molar-refractivity contribution is 7.89. The van der Waals surface area contributed by atoms with Gasteiger partial charge in [0.1, 0.15) is 25.2 Å². The molecule has 0 aliphatic rings. The first-order valence-corrected chi connectivity index (χ1v) is 11.4. The van der Waals surface area contributed by atoms with Crippen molar-refractivity contribution in [3.8, 4) is 16.9 Å². The Morgan fingerprint density at radius 1 is 1.06 bits per heavy atom. The molecule has 0 amide bonds. The fraction of sp³-hybridized carbons (Fsp3) is 0.136. The average Bonchev–Trinajstić information content (AvgIpc) is 3.14. The van der Waals surface area contributed by atoms with E-state index in [1.54, 1.807) is 28.9 Å². The Morgan fingerprint density at radius 2 is 1.88 bits per heavy atom. The number of para-hydroxylation sites is 1. The van der Waals surface area contributed by atoms with E-state index in [1.807, 2.05) is 18.2 Å². The molecule has 4 aromatic rings. The van der Waals surface area contributed by atoms with Crippen LogP contribution in [0, 0.1) is 5.82 Å². The summed E-state index contributed by atoms with van der Waals surface area (Å²) in [4.78, 5) is -0.116. The van der Waals surface area contributed by atoms with E-state index in [9.17, 15) is 17.9 Å². The zero-order chi connectivity index (χ0) is 22.7. The number of nitrogens with zero attached hydrogens (tertiary/aromatic N) is 2. The van der Waals surface area contributed by atoms with E-state index >= 15 is 0 Å². The van der Waals surface area contributed by atoms with Gasteiger partial charge in [-0.3, -0.25) is 0 Å². The average molecular weight is 450 g/mol. The minimum Gasteiger partial charge on any atom is -0.507 e. The summed E-state index contributed by atoms with van der Waals surface area (Å²) in [6.07, 6.45) is 2.01. The molecule has 3 N–H and O–H groups in total. The van der Waals surface area contributed by atoms with Crippen molar-refractivity contribution in [1.82, 2.24) is 14.3 Å². The first-order valence-electron chi connectivity index (χ1n) is 9.90. The van der Waals surface area contributed by atoms with E-state index < -0.39 is 15.8 Å². The van der Waals surface area contributed by atoms with Crippen molar-refractivity contribution in [2.75, 3.05) is 18.4 Å². The molecular weight excluding hydrogens is 430 g/mol. The van der Waals surface area contributed by atoms with Gasteiger partial charge in [0.2, 0.25) is 10.0 Å². The molecular formula is C22H20BFN4O3S. The number of anilines is 1. The number of pyridine rings is 1. The highest BCUT2D eigenvalue weighted by Gasteiger charge is 2.14. The molecule has 4 rings (SSSR count). The number of benzene rings is 2. The van der Waals surface area contributed by atoms with Crippen LogP contribution in [0.1, 0.15) is 6.42 Å². The van der Waals surface area contributed by atoms with Gasteiger partial charge >= 0.3 is 0 Å². The van der Waals surface area contributed by atoms with Gasteiger partial charge in [-0.1, -0.05) is 29.7 Å². The highest BCUT2D eigenvalue weighted by Crippen LogP contribution is 2.31. The third-order valence-electron chi connectivity index (χ3n) is 4.92. The van der Waals surface area contributed by atoms with Crippen molar-refractivity contribution >= 4 is 34.7 Å². The maximum absolute atomic E-state index is 13.3. The summed E-state index contributed by atoms with van der Waals surface area (Å²) in [6, 6.07) is 15.5. The standard InChI is InChI=1S/C22H20BFN4O3S/c23-19-14-26-28-20(19)11-15(18-7-1-2-8-21(18)29)12-22(28)25-9-4-10-27-32(30,31)17-6-3-5-16(24)13-17/h1-3,5-8,11-14,25,27,29H,4,9-10H2. The molecule has 0 unspecified atom stereocenters. The van der Waals surface area contributed by atoms with Crippen LogP contribution in [-0.2, 0) is 10.0 Å². The van der Waals surface area contributed by atoms with Gasteiger partial charge in [0.15, 0.2) is 0 Å². The Hall–Kier alpha value is -3.37. The summed E-state index contributed by atoms with van der Waals surface area (Å²) < 4.78 is 42.0. The number of halogens is 1. The lowest BCUT2D eigenvalue weighted by atomic mass is 9.96. The summed E-state index contributed by atoms with van der Waals surface area (Å²) in [7, 11) is 2.26. The predicted molar refractivity (Wildman–Crippen MR) is 122 cm³/mol. The number of aromatic hydroxyl groups is 1. The van der Waals surface area contributed by atoms with Gasteiger partial charge in [0, 0.05) is 24.8 Å². The van der Waals surface area contributed by atoms with Crippen molar-refractivity contribution < 1.29 is 17.9 Å². The van der Waals surface area contributed by atoms with E-state index in [2.05, 4.69) is 15.1 Å². The number of hydrogen-bond donors (Lipinski definition) is 3. The smallest absolute Gasteiger partial charge is 0.240 e. The molecule has 0 bridgehead atoms. The van der Waals surface area contributed by atoms with Gasteiger partial charge in [0.05, 0.1) is 10.4 Å². The molecule has 0 atom stereocenters. The van der Waals surface area contributed by atoms with E-state index in [-0.39, 0.29) is 17.2 Å². The van der Waals surface area contributed by atoms with E-state index in [0.717, 1.165) is 11.6 Å². The molecule has 2 aromatic heterocycles. The maximum Gasteiger partial charge on any atom is 0.240 e. The second-order valence-electron chi connectivity index (χ2n) is 7.18. The monoisotopic (exact) mass is 450 g/mol. The molecule has 162 valence electrons. The Morgan fingerprint density at radius 3 is 2.66 bits per heavy atom. The fourth-order valence-electron chi connectivity index (χ4n) is 3.33. The molecule has 32 heavy (non-hydrogen) atoms. The van der Waals surface area contributed by atoms with Crippen LogP contribution in [0.4, 0.5) is 10.2 Å². The topological polar surface area (TPSA) is 95.7 Å². The first kappa shape index (κ1) is 21.9. The Kier molecular flexibility index (Phi) is 6.16. The van der Waals surface area contributed by atoms with E-state index in [1.165, 1.54) is 18.2 Å². The molecule has 0 saturated carbocycles. The molecule has 0 fully saturated rings. The van der Waals surface area contributed by atoms with Crippen molar-refractivity contribution in [3.63, 3.8) is 0 Å². The van der Waals surface area contributed by atoms with Crippen LogP contribution in [-0.4, -0.2) is 44.1 Å². The van der Waals surface area contributed by atoms with Gasteiger partial charge < -0.3 is 10.4 Å². The molecule has 0 spiro atoms. The predicted octanol–water partition coefficient (Wildman–Crippen LogP) is 2.42. The number of phenolic OH excluding ortho intramolecular Hbond substituents is 1. The van der Waals surface area contributed by atoms with Gasteiger partial charge in [-0.05, 0) is 48.4 Å². The second-order valence-corrected chi connectivity index (χ2v) is 8.95. The number of rotatable bonds is 8. The van der Waals surface area contributed by atoms with Crippen molar-refractivity contribution in [3.05, 3.63) is 72.7 Å². The van der Waals surface area contributed by atoms with Crippen molar-refractivity contribution in [2.24, 2.45) is 0 Å². The van der Waals surface area contributed by atoms with Crippen LogP contribution in [0.25, 0.3) is 16.6 Å². The number of nitrogens with one attached hydrogen (secondary N) is 2. The van der Waals surface area contributed by atoms with Gasteiger partial charge in [0.25, 0.3) is 0 Å². The molecule has 2 radical (unpaired) electrons. The summed E-state index contributed by atoms with van der Waals surface area (Å²) >= 11 is 0. The van der Waals surface area contributed by atoms with E-state index in [4.69, 9.17) is 7.85 Å². The molecule has 2 heterocycles. The molecule has 0 aliphatic heterocycles. The Balaban J connectivity index is 1.46. The van der Waals surface area contributed by atoms with Crippen LogP contribution in [0.15, 0.2) is 71.8 Å². The second kappa shape index (κ2) is 9.01. The normalized spacial score (nSPS) is 11.7. The lowest BCUT2D eigenvalue weighted by molar-refractivity contribution is 0.477. The molecule has 10 heteroatoms. The quantitative estimate of drug-likeness (QED) is 0.283. The summed E-state index contributed by atoms with van der Waals surface area (Å²) in [5.74, 6) is 0.180. The minimum absolute atomic E-state index is 0.116. The van der Waals surface area contributed by atoms with Crippen LogP contribution in [0.3, 0.4) is 0 Å². The fourth-order valence-corrected chi connectivity index (χ4v) is 4.44. The number of sulfonamides is 1. The van der Waals surface area contributed by atoms with Gasteiger partial charge in [-0.2, -0.15) is 5.10 Å². The molecule has 2 aromatic carbocycles. The number of phenols is 1. The number of aromatic nitrogens is 2. The molecule has 0 aliphatic carbocycles. The van der Waals surface area contributed by atoms with Crippen molar-refractivity contribution in [1.29, 1.82) is 0 Å². The third kappa shape index (κ3) is 4.61. The SMILES string of the molecule is [B]c1cnn2c(NCCCNS(=O)(=O)c3cccc(F)c3)cc(-c3ccccc3O)cc12. The first-order chi connectivity index (χ1) is 15.3. The zero-order valence-electron chi connectivity index (χ0n) is 17.0. The molecule has 0 saturated heterocycles. The van der Waals surface area contributed by atoms with Crippen molar-refractivity contribution in [2.45, 2.75) is 11.3 Å². The summed E-state index contributed by atoms with van der Waals surface area (Å²) in [5.41, 5.74) is 2.59. The lowest BCUT2D eigenvalue weighted by Gasteiger charge is -2.13. The highest BCUT2D eigenvalue weighted by atomic mass is 32.2. The minimum atomic E-state index is -3.79. The van der Waals surface area contributed by atoms with Crippen LogP contribution in [0.5, 0.6) is 5.75 Å². The Labute approximate surface area is 186 Å². The zero-order valence-corrected chi connectivity index (χ0v) is 17.8. The van der Waals surface area contributed by atoms with Crippen LogP contribution in [0.2, 0.25) is 0 Å². The Bertz CT molecular complexity index is 1370.